The van der Waals surface area contributed by atoms with Crippen molar-refractivity contribution in [2.75, 3.05) is 7.05 Å². The van der Waals surface area contributed by atoms with Crippen molar-refractivity contribution in [1.82, 2.24) is 5.32 Å². The summed E-state index contributed by atoms with van der Waals surface area (Å²) in [5, 5.41) is 4.56. The smallest absolute Gasteiger partial charge is 0.137 e. The summed E-state index contributed by atoms with van der Waals surface area (Å²) in [5.74, 6) is 1.03. The van der Waals surface area contributed by atoms with Gasteiger partial charge in [0.2, 0.25) is 0 Å². The monoisotopic (exact) mass is 279 g/mol. The van der Waals surface area contributed by atoms with Gasteiger partial charge in [0, 0.05) is 5.39 Å². The summed E-state index contributed by atoms with van der Waals surface area (Å²) in [4.78, 5) is 0. The van der Waals surface area contributed by atoms with Gasteiger partial charge in [-0.05, 0) is 44.0 Å². The zero-order chi connectivity index (χ0) is 14.7. The van der Waals surface area contributed by atoms with Crippen LogP contribution in [0.15, 0.2) is 59.0 Å². The summed E-state index contributed by atoms with van der Waals surface area (Å²) in [6, 6.07) is 19.3. The van der Waals surface area contributed by atoms with E-state index in [1.807, 2.05) is 7.05 Å². The van der Waals surface area contributed by atoms with Gasteiger partial charge in [-0.25, -0.2) is 0 Å². The number of hydrogen-bond donors (Lipinski definition) is 1. The van der Waals surface area contributed by atoms with Crippen molar-refractivity contribution in [3.63, 3.8) is 0 Å². The predicted octanol–water partition coefficient (Wildman–Crippen LogP) is 4.63. The quantitative estimate of drug-likeness (QED) is 0.736. The van der Waals surface area contributed by atoms with E-state index in [0.29, 0.717) is 0 Å². The lowest BCUT2D eigenvalue weighted by Gasteiger charge is -2.13. The van der Waals surface area contributed by atoms with Crippen LogP contribution >= 0.6 is 0 Å². The van der Waals surface area contributed by atoms with Crippen LogP contribution in [0.25, 0.3) is 11.0 Å². The van der Waals surface area contributed by atoms with Crippen LogP contribution in [0.4, 0.5) is 0 Å². The average molecular weight is 279 g/mol. The van der Waals surface area contributed by atoms with E-state index in [4.69, 9.17) is 4.42 Å². The van der Waals surface area contributed by atoms with Crippen molar-refractivity contribution in [3.8, 4) is 0 Å². The Kier molecular flexibility index (Phi) is 4.07. The lowest BCUT2D eigenvalue weighted by atomic mass is 10.0. The van der Waals surface area contributed by atoms with Crippen molar-refractivity contribution >= 4 is 11.0 Å². The third-order valence-corrected chi connectivity index (χ3v) is 4.02. The van der Waals surface area contributed by atoms with Crippen molar-refractivity contribution in [1.29, 1.82) is 0 Å². The maximum absolute atomic E-state index is 6.08. The van der Waals surface area contributed by atoms with E-state index in [1.165, 1.54) is 16.5 Å². The first-order chi connectivity index (χ1) is 10.3. The van der Waals surface area contributed by atoms with Crippen LogP contribution in [0, 0.1) is 6.92 Å². The van der Waals surface area contributed by atoms with Crippen molar-refractivity contribution in [2.45, 2.75) is 25.8 Å². The van der Waals surface area contributed by atoms with E-state index < -0.39 is 0 Å². The Balaban J connectivity index is 1.80. The highest BCUT2D eigenvalue weighted by Gasteiger charge is 2.15. The molecule has 0 saturated heterocycles. The molecule has 1 unspecified atom stereocenters. The lowest BCUT2D eigenvalue weighted by molar-refractivity contribution is 0.432. The maximum atomic E-state index is 6.08. The molecule has 1 N–H and O–H groups in total. The van der Waals surface area contributed by atoms with Gasteiger partial charge in [0.25, 0.3) is 0 Å². The lowest BCUT2D eigenvalue weighted by Crippen LogP contribution is -2.16. The van der Waals surface area contributed by atoms with E-state index in [-0.39, 0.29) is 6.04 Å². The molecule has 0 aliphatic heterocycles. The van der Waals surface area contributed by atoms with E-state index >= 15 is 0 Å². The highest BCUT2D eigenvalue weighted by atomic mass is 16.3. The Morgan fingerprint density at radius 1 is 1.05 bits per heavy atom. The molecule has 0 fully saturated rings. The van der Waals surface area contributed by atoms with Gasteiger partial charge in [0.05, 0.1) is 6.04 Å². The van der Waals surface area contributed by atoms with Crippen molar-refractivity contribution < 1.29 is 4.42 Å². The van der Waals surface area contributed by atoms with E-state index in [9.17, 15) is 0 Å². The first kappa shape index (κ1) is 13.9. The molecule has 0 spiro atoms. The molecule has 0 radical (unpaired) electrons. The van der Waals surface area contributed by atoms with Crippen molar-refractivity contribution in [3.05, 3.63) is 71.5 Å². The van der Waals surface area contributed by atoms with Crippen LogP contribution in [-0.2, 0) is 6.42 Å². The normalized spacial score (nSPS) is 12.7. The fraction of sp³-hybridized carbons (Fsp3) is 0.263. The van der Waals surface area contributed by atoms with Crippen LogP contribution in [0.5, 0.6) is 0 Å². The molecule has 3 rings (SSSR count). The largest absolute Gasteiger partial charge is 0.459 e. The minimum atomic E-state index is 0.247. The van der Waals surface area contributed by atoms with Crippen LogP contribution in [0.2, 0.25) is 0 Å². The number of furan rings is 1. The molecule has 1 aromatic heterocycles. The van der Waals surface area contributed by atoms with Crippen LogP contribution in [0.3, 0.4) is 0 Å². The van der Waals surface area contributed by atoms with Crippen LogP contribution in [-0.4, -0.2) is 7.05 Å². The molecule has 3 aromatic rings. The number of rotatable bonds is 5. The topological polar surface area (TPSA) is 25.2 Å². The highest BCUT2D eigenvalue weighted by Crippen LogP contribution is 2.28. The zero-order valence-electron chi connectivity index (χ0n) is 12.6. The molecule has 2 nitrogen and oxygen atoms in total. The average Bonchev–Trinajstić information content (AvgIpc) is 2.94. The van der Waals surface area contributed by atoms with Crippen LogP contribution < -0.4 is 5.32 Å². The van der Waals surface area contributed by atoms with Gasteiger partial charge in [0.15, 0.2) is 0 Å². The molecule has 1 heterocycles. The van der Waals surface area contributed by atoms with Gasteiger partial charge in [0.1, 0.15) is 11.3 Å². The minimum Gasteiger partial charge on any atom is -0.459 e. The van der Waals surface area contributed by atoms with E-state index in [0.717, 1.165) is 24.2 Å². The SMILES string of the molecule is CNC(CCc1ccccc1)c1cc2cccc(C)c2o1. The maximum Gasteiger partial charge on any atom is 0.137 e. The highest BCUT2D eigenvalue weighted by molar-refractivity contribution is 5.81. The number of para-hydroxylation sites is 1. The first-order valence-electron chi connectivity index (χ1n) is 7.48. The summed E-state index contributed by atoms with van der Waals surface area (Å²) in [6.45, 7) is 2.09. The molecule has 0 aliphatic carbocycles. The zero-order valence-corrected chi connectivity index (χ0v) is 12.6. The van der Waals surface area contributed by atoms with Gasteiger partial charge in [-0.3, -0.25) is 0 Å². The Morgan fingerprint density at radius 3 is 2.57 bits per heavy atom. The Morgan fingerprint density at radius 2 is 1.86 bits per heavy atom. The summed E-state index contributed by atoms with van der Waals surface area (Å²) in [5.41, 5.74) is 3.56. The van der Waals surface area contributed by atoms with Gasteiger partial charge in [-0.15, -0.1) is 0 Å². The fourth-order valence-corrected chi connectivity index (χ4v) is 2.79. The number of fused-ring (bicyclic) bond motifs is 1. The molecule has 0 saturated carbocycles. The molecule has 2 aromatic carbocycles. The first-order valence-corrected chi connectivity index (χ1v) is 7.48. The standard InChI is InChI=1S/C19H21NO/c1-14-7-6-10-16-13-18(21-19(14)16)17(20-2)12-11-15-8-4-3-5-9-15/h3-10,13,17,20H,11-12H2,1-2H3. The molecule has 108 valence electrons. The van der Waals surface area contributed by atoms with Gasteiger partial charge in [-0.1, -0.05) is 48.5 Å². The molecular formula is C19H21NO. The summed E-state index contributed by atoms with van der Waals surface area (Å²) in [6.07, 6.45) is 2.07. The number of aryl methyl sites for hydroxylation is 2. The molecule has 1 atom stereocenters. The molecule has 0 aliphatic rings. The van der Waals surface area contributed by atoms with E-state index in [1.54, 1.807) is 0 Å². The third-order valence-electron chi connectivity index (χ3n) is 4.02. The van der Waals surface area contributed by atoms with Crippen LogP contribution in [0.1, 0.15) is 29.3 Å². The van der Waals surface area contributed by atoms with Gasteiger partial charge < -0.3 is 9.73 Å². The predicted molar refractivity (Wildman–Crippen MR) is 87.5 cm³/mol. The summed E-state index contributed by atoms with van der Waals surface area (Å²) in [7, 11) is 2.00. The number of nitrogens with one attached hydrogen (secondary N) is 1. The second-order valence-corrected chi connectivity index (χ2v) is 5.51. The van der Waals surface area contributed by atoms with Crippen molar-refractivity contribution in [2.24, 2.45) is 0 Å². The molecule has 0 bridgehead atoms. The second kappa shape index (κ2) is 6.15. The fourth-order valence-electron chi connectivity index (χ4n) is 2.79. The Hall–Kier alpha value is -2.06. The van der Waals surface area contributed by atoms with Gasteiger partial charge in [-0.2, -0.15) is 0 Å². The Bertz CT molecular complexity index is 715. The third kappa shape index (κ3) is 3.01. The number of hydrogen-bond acceptors (Lipinski definition) is 2. The molecular weight excluding hydrogens is 258 g/mol. The Labute approximate surface area is 125 Å². The molecule has 0 amide bonds. The summed E-state index contributed by atoms with van der Waals surface area (Å²) < 4.78 is 6.08. The second-order valence-electron chi connectivity index (χ2n) is 5.51. The molecule has 21 heavy (non-hydrogen) atoms. The molecule has 2 heteroatoms. The number of benzene rings is 2. The minimum absolute atomic E-state index is 0.247. The summed E-state index contributed by atoms with van der Waals surface area (Å²) >= 11 is 0. The van der Waals surface area contributed by atoms with Gasteiger partial charge >= 0.3 is 0 Å². The van der Waals surface area contributed by atoms with E-state index in [2.05, 4.69) is 66.8 Å².